The van der Waals surface area contributed by atoms with Crippen LogP contribution < -0.4 is 5.32 Å². The molecule has 0 aromatic carbocycles. The Morgan fingerprint density at radius 2 is 2.17 bits per heavy atom. The van der Waals surface area contributed by atoms with Gasteiger partial charge in [-0.1, -0.05) is 34.6 Å². The minimum atomic E-state index is -0.165. The lowest BCUT2D eigenvalue weighted by atomic mass is 9.64. The summed E-state index contributed by atoms with van der Waals surface area (Å²) in [6, 6.07) is 0.410. The third kappa shape index (κ3) is 2.60. The van der Waals surface area contributed by atoms with Gasteiger partial charge in [0.05, 0.1) is 11.1 Å². The predicted octanol–water partition coefficient (Wildman–Crippen LogP) is 2.69. The Bertz CT molecular complexity index is 420. The summed E-state index contributed by atoms with van der Waals surface area (Å²) in [5, 5.41) is 14.4. The Labute approximate surface area is 114 Å². The molecule has 18 heavy (non-hydrogen) atoms. The molecule has 102 valence electrons. The minimum Gasteiger partial charge on any atom is -0.392 e. The molecule has 0 aliphatic heterocycles. The molecule has 1 aliphatic rings. The van der Waals surface area contributed by atoms with Crippen LogP contribution in [0.2, 0.25) is 0 Å². The Morgan fingerprint density at radius 3 is 2.61 bits per heavy atom. The van der Waals surface area contributed by atoms with Crippen LogP contribution in [0.5, 0.6) is 0 Å². The highest BCUT2D eigenvalue weighted by atomic mass is 32.1. The number of nitrogens with zero attached hydrogens (tertiary/aromatic N) is 1. The van der Waals surface area contributed by atoms with Gasteiger partial charge in [-0.3, -0.25) is 0 Å². The summed E-state index contributed by atoms with van der Waals surface area (Å²) in [5.74, 6) is 0. The summed E-state index contributed by atoms with van der Waals surface area (Å²) in [4.78, 5) is 5.76. The first-order chi connectivity index (χ1) is 8.21. The Balaban J connectivity index is 1.90. The lowest BCUT2D eigenvalue weighted by Crippen LogP contribution is -2.59. The summed E-state index contributed by atoms with van der Waals surface area (Å²) in [7, 11) is 0. The first kappa shape index (κ1) is 14.0. The van der Waals surface area contributed by atoms with E-state index in [-0.39, 0.29) is 16.9 Å². The van der Waals surface area contributed by atoms with Crippen LogP contribution in [0.3, 0.4) is 0 Å². The van der Waals surface area contributed by atoms with Gasteiger partial charge in [-0.05, 0) is 6.42 Å². The van der Waals surface area contributed by atoms with Crippen molar-refractivity contribution in [3.8, 4) is 0 Å². The smallest absolute Gasteiger partial charge is 0.0981 e. The van der Waals surface area contributed by atoms with Crippen molar-refractivity contribution in [2.45, 2.75) is 65.1 Å². The topological polar surface area (TPSA) is 45.2 Å². The summed E-state index contributed by atoms with van der Waals surface area (Å²) in [6.07, 6.45) is 2.67. The van der Waals surface area contributed by atoms with Crippen LogP contribution in [-0.2, 0) is 12.0 Å². The summed E-state index contributed by atoms with van der Waals surface area (Å²) < 4.78 is 0. The second-order valence-electron chi connectivity index (χ2n) is 6.89. The monoisotopic (exact) mass is 268 g/mol. The third-order valence-corrected chi connectivity index (χ3v) is 5.36. The molecule has 1 heterocycles. The highest BCUT2D eigenvalue weighted by Gasteiger charge is 2.46. The number of rotatable bonds is 3. The number of hydrogen-bond acceptors (Lipinski definition) is 4. The summed E-state index contributed by atoms with van der Waals surface area (Å²) in [5.41, 5.74) is 0.131. The highest BCUT2D eigenvalue weighted by Crippen LogP contribution is 2.40. The predicted molar refractivity (Wildman–Crippen MR) is 75.8 cm³/mol. The van der Waals surface area contributed by atoms with E-state index in [9.17, 15) is 5.11 Å². The van der Waals surface area contributed by atoms with E-state index < -0.39 is 0 Å². The second-order valence-corrected chi connectivity index (χ2v) is 8.00. The first-order valence-corrected chi connectivity index (χ1v) is 7.39. The van der Waals surface area contributed by atoms with Crippen molar-refractivity contribution in [2.24, 2.45) is 5.41 Å². The number of aliphatic hydroxyl groups is 1. The largest absolute Gasteiger partial charge is 0.392 e. The number of hydrogen-bond donors (Lipinski definition) is 2. The molecule has 1 saturated carbocycles. The zero-order chi connectivity index (χ0) is 13.6. The van der Waals surface area contributed by atoms with Crippen molar-refractivity contribution in [1.29, 1.82) is 0 Å². The highest BCUT2D eigenvalue weighted by molar-refractivity contribution is 7.11. The van der Waals surface area contributed by atoms with E-state index in [4.69, 9.17) is 0 Å². The van der Waals surface area contributed by atoms with Gasteiger partial charge in [0.15, 0.2) is 0 Å². The van der Waals surface area contributed by atoms with Crippen molar-refractivity contribution in [3.05, 3.63) is 16.1 Å². The zero-order valence-electron chi connectivity index (χ0n) is 11.9. The van der Waals surface area contributed by atoms with E-state index in [0.29, 0.717) is 6.04 Å². The van der Waals surface area contributed by atoms with Gasteiger partial charge in [0.25, 0.3) is 0 Å². The fourth-order valence-electron chi connectivity index (χ4n) is 2.21. The molecule has 4 heteroatoms. The minimum absolute atomic E-state index is 0.00244. The normalized spacial score (nSPS) is 27.0. The van der Waals surface area contributed by atoms with E-state index >= 15 is 0 Å². The molecule has 3 nitrogen and oxygen atoms in total. The molecule has 2 atom stereocenters. The van der Waals surface area contributed by atoms with Crippen LogP contribution in [0.15, 0.2) is 6.20 Å². The lowest BCUT2D eigenvalue weighted by molar-refractivity contribution is -0.0729. The standard InChI is InChI=1S/C14H24N2OS/c1-13(2,3)12-16-8-9(18-12)7-15-10-6-11(17)14(10,4)5/h8,10-11,15,17H,6-7H2,1-5H3. The van der Waals surface area contributed by atoms with Gasteiger partial charge < -0.3 is 10.4 Å². The van der Waals surface area contributed by atoms with E-state index in [0.717, 1.165) is 13.0 Å². The SMILES string of the molecule is CC(C)(C)c1ncc(CNC2CC(O)C2(C)C)s1. The molecule has 1 aromatic rings. The van der Waals surface area contributed by atoms with E-state index in [1.54, 1.807) is 11.3 Å². The van der Waals surface area contributed by atoms with Crippen molar-refractivity contribution < 1.29 is 5.11 Å². The van der Waals surface area contributed by atoms with Gasteiger partial charge in [0, 0.05) is 34.5 Å². The number of aromatic nitrogens is 1. The molecule has 1 aromatic heterocycles. The van der Waals surface area contributed by atoms with Crippen LogP contribution in [0.25, 0.3) is 0 Å². The average molecular weight is 268 g/mol. The molecule has 2 rings (SSSR count). The summed E-state index contributed by atoms with van der Waals surface area (Å²) in [6.45, 7) is 11.7. The maximum absolute atomic E-state index is 9.70. The van der Waals surface area contributed by atoms with Crippen molar-refractivity contribution >= 4 is 11.3 Å². The van der Waals surface area contributed by atoms with Crippen LogP contribution in [0, 0.1) is 5.41 Å². The summed E-state index contributed by atoms with van der Waals surface area (Å²) >= 11 is 1.78. The van der Waals surface area contributed by atoms with Gasteiger partial charge in [-0.15, -0.1) is 11.3 Å². The quantitative estimate of drug-likeness (QED) is 0.886. The number of nitrogens with one attached hydrogen (secondary N) is 1. The van der Waals surface area contributed by atoms with Crippen molar-refractivity contribution in [3.63, 3.8) is 0 Å². The molecule has 0 bridgehead atoms. The van der Waals surface area contributed by atoms with Gasteiger partial charge in [0.2, 0.25) is 0 Å². The van der Waals surface area contributed by atoms with Crippen molar-refractivity contribution in [1.82, 2.24) is 10.3 Å². The van der Waals surface area contributed by atoms with Gasteiger partial charge in [0.1, 0.15) is 0 Å². The van der Waals surface area contributed by atoms with E-state index in [1.807, 2.05) is 6.20 Å². The molecular weight excluding hydrogens is 244 g/mol. The maximum Gasteiger partial charge on any atom is 0.0981 e. The number of aliphatic hydroxyl groups excluding tert-OH is 1. The van der Waals surface area contributed by atoms with Crippen LogP contribution in [-0.4, -0.2) is 22.2 Å². The lowest BCUT2D eigenvalue weighted by Gasteiger charge is -2.49. The fraction of sp³-hybridized carbons (Fsp3) is 0.786. The molecule has 1 fully saturated rings. The number of thiazole rings is 1. The third-order valence-electron chi connectivity index (χ3n) is 3.93. The Morgan fingerprint density at radius 1 is 1.50 bits per heavy atom. The van der Waals surface area contributed by atoms with Gasteiger partial charge >= 0.3 is 0 Å². The van der Waals surface area contributed by atoms with Gasteiger partial charge in [-0.25, -0.2) is 4.98 Å². The molecule has 0 amide bonds. The van der Waals surface area contributed by atoms with E-state index in [1.165, 1.54) is 9.88 Å². The molecule has 2 N–H and O–H groups in total. The zero-order valence-corrected chi connectivity index (χ0v) is 12.8. The Hall–Kier alpha value is -0.450. The van der Waals surface area contributed by atoms with E-state index in [2.05, 4.69) is 44.9 Å². The molecule has 0 spiro atoms. The van der Waals surface area contributed by atoms with Crippen LogP contribution >= 0.6 is 11.3 Å². The molecule has 1 aliphatic carbocycles. The van der Waals surface area contributed by atoms with Crippen molar-refractivity contribution in [2.75, 3.05) is 0 Å². The van der Waals surface area contributed by atoms with Crippen LogP contribution in [0.4, 0.5) is 0 Å². The molecule has 2 unspecified atom stereocenters. The first-order valence-electron chi connectivity index (χ1n) is 6.58. The fourth-order valence-corrected chi connectivity index (χ4v) is 3.13. The second kappa shape index (κ2) is 4.58. The maximum atomic E-state index is 9.70. The average Bonchev–Trinajstić information content (AvgIpc) is 2.72. The Kier molecular flexibility index (Phi) is 3.56. The van der Waals surface area contributed by atoms with Gasteiger partial charge in [-0.2, -0.15) is 0 Å². The van der Waals surface area contributed by atoms with Crippen LogP contribution in [0.1, 0.15) is 50.9 Å². The molecule has 0 saturated heterocycles. The molecular formula is C14H24N2OS. The molecule has 0 radical (unpaired) electrons.